The van der Waals surface area contributed by atoms with Crippen molar-refractivity contribution in [1.82, 2.24) is 29.7 Å². The first-order valence-electron chi connectivity index (χ1n) is 10.2. The van der Waals surface area contributed by atoms with E-state index in [0.717, 1.165) is 29.6 Å². The molecule has 9 nitrogen and oxygen atoms in total. The van der Waals surface area contributed by atoms with Crippen LogP contribution < -0.4 is 5.32 Å². The molecule has 0 spiro atoms. The number of hydrogen-bond donors (Lipinski definition) is 4. The largest absolute Gasteiger partial charge is 0.391 e. The Kier molecular flexibility index (Phi) is 6.96. The summed E-state index contributed by atoms with van der Waals surface area (Å²) < 4.78 is 3.71. The zero-order valence-corrected chi connectivity index (χ0v) is 17.5. The summed E-state index contributed by atoms with van der Waals surface area (Å²) in [6.45, 7) is 5.97. The van der Waals surface area contributed by atoms with Crippen LogP contribution in [0, 0.1) is 5.41 Å². The van der Waals surface area contributed by atoms with E-state index in [1.807, 2.05) is 23.1 Å². The molecule has 160 valence electrons. The van der Waals surface area contributed by atoms with E-state index in [9.17, 15) is 10.2 Å². The monoisotopic (exact) mass is 411 g/mol. The van der Waals surface area contributed by atoms with Gasteiger partial charge in [-0.25, -0.2) is 9.50 Å². The van der Waals surface area contributed by atoms with Gasteiger partial charge in [0.1, 0.15) is 0 Å². The molecule has 9 heteroatoms. The number of rotatable bonds is 10. The highest BCUT2D eigenvalue weighted by Crippen LogP contribution is 2.26. The Morgan fingerprint density at radius 1 is 1.23 bits per heavy atom. The first-order valence-corrected chi connectivity index (χ1v) is 10.2. The Hall–Kier alpha value is -3.04. The summed E-state index contributed by atoms with van der Waals surface area (Å²) in [5.41, 5.74) is 3.56. The maximum Gasteiger partial charge on any atom is 0.0999 e. The zero-order chi connectivity index (χ0) is 21.7. The summed E-state index contributed by atoms with van der Waals surface area (Å²) in [7, 11) is 0. The van der Waals surface area contributed by atoms with Crippen LogP contribution in [0.3, 0.4) is 0 Å². The highest BCUT2D eigenvalue weighted by molar-refractivity contribution is 6.07. The Balaban J connectivity index is 1.97. The lowest BCUT2D eigenvalue weighted by atomic mass is 10.1. The molecule has 3 rings (SSSR count). The van der Waals surface area contributed by atoms with Crippen molar-refractivity contribution in [3.8, 4) is 11.3 Å². The van der Waals surface area contributed by atoms with Crippen LogP contribution >= 0.6 is 0 Å². The van der Waals surface area contributed by atoms with E-state index in [0.29, 0.717) is 17.3 Å². The molecule has 30 heavy (non-hydrogen) atoms. The second kappa shape index (κ2) is 9.64. The molecule has 3 aromatic heterocycles. The number of aliphatic hydroxyl groups is 2. The minimum atomic E-state index is -0.902. The Morgan fingerprint density at radius 2 is 2.00 bits per heavy atom. The Bertz CT molecular complexity index is 1020. The van der Waals surface area contributed by atoms with Gasteiger partial charge in [-0.05, 0) is 25.8 Å². The summed E-state index contributed by atoms with van der Waals surface area (Å²) in [5.74, 6) is 0. The van der Waals surface area contributed by atoms with E-state index >= 15 is 0 Å². The highest BCUT2D eigenvalue weighted by atomic mass is 16.3. The van der Waals surface area contributed by atoms with Crippen LogP contribution in [0.15, 0.2) is 37.1 Å². The third-order valence-electron chi connectivity index (χ3n) is 5.17. The van der Waals surface area contributed by atoms with Crippen molar-refractivity contribution in [1.29, 1.82) is 5.41 Å². The van der Waals surface area contributed by atoms with Gasteiger partial charge < -0.3 is 20.9 Å². The second-order valence-electron chi connectivity index (χ2n) is 7.28. The van der Waals surface area contributed by atoms with Crippen molar-refractivity contribution in [3.05, 3.63) is 42.7 Å². The van der Waals surface area contributed by atoms with Gasteiger partial charge in [0.15, 0.2) is 0 Å². The lowest BCUT2D eigenvalue weighted by Gasteiger charge is -2.14. The maximum absolute atomic E-state index is 9.74. The Labute approximate surface area is 175 Å². The predicted octanol–water partition coefficient (Wildman–Crippen LogP) is 2.28. The van der Waals surface area contributed by atoms with E-state index in [1.54, 1.807) is 23.1 Å². The highest BCUT2D eigenvalue weighted by Gasteiger charge is 2.15. The SMILES string of the molecule is CCC(CC)n1cc(-c2nc(/C(C=N)=C/NC[C@H](O)[C@H](C)O)cn3nccc23)cn1. The molecule has 0 fully saturated rings. The number of hydrogen-bond acceptors (Lipinski definition) is 7. The molecule has 0 bridgehead atoms. The summed E-state index contributed by atoms with van der Waals surface area (Å²) in [6, 6.07) is 2.23. The molecule has 2 atom stereocenters. The van der Waals surface area contributed by atoms with Crippen LogP contribution in [0.1, 0.15) is 45.3 Å². The van der Waals surface area contributed by atoms with Gasteiger partial charge in [0, 0.05) is 36.3 Å². The van der Waals surface area contributed by atoms with E-state index in [4.69, 9.17) is 10.4 Å². The van der Waals surface area contributed by atoms with E-state index in [1.165, 1.54) is 13.1 Å². The molecule has 3 heterocycles. The van der Waals surface area contributed by atoms with E-state index in [-0.39, 0.29) is 6.54 Å². The number of aliphatic hydroxyl groups excluding tert-OH is 2. The number of nitrogens with zero attached hydrogens (tertiary/aromatic N) is 5. The maximum atomic E-state index is 9.74. The van der Waals surface area contributed by atoms with Crippen LogP contribution in [0.5, 0.6) is 0 Å². The van der Waals surface area contributed by atoms with Gasteiger partial charge in [-0.15, -0.1) is 0 Å². The lowest BCUT2D eigenvalue weighted by Crippen LogP contribution is -2.32. The molecule has 0 aromatic carbocycles. The number of fused-ring (bicyclic) bond motifs is 1. The summed E-state index contributed by atoms with van der Waals surface area (Å²) in [5, 5.41) is 38.8. The molecule has 0 saturated heterocycles. The van der Waals surface area contributed by atoms with Gasteiger partial charge in [0.2, 0.25) is 0 Å². The van der Waals surface area contributed by atoms with Crippen LogP contribution in [0.25, 0.3) is 22.3 Å². The lowest BCUT2D eigenvalue weighted by molar-refractivity contribution is 0.0339. The molecule has 0 saturated carbocycles. The minimum Gasteiger partial charge on any atom is -0.391 e. The molecular weight excluding hydrogens is 382 g/mol. The van der Waals surface area contributed by atoms with Gasteiger partial charge >= 0.3 is 0 Å². The molecule has 0 amide bonds. The second-order valence-corrected chi connectivity index (χ2v) is 7.28. The average molecular weight is 412 g/mol. The topological polar surface area (TPSA) is 124 Å². The summed E-state index contributed by atoms with van der Waals surface area (Å²) in [4.78, 5) is 4.79. The first kappa shape index (κ1) is 21.7. The van der Waals surface area contributed by atoms with Gasteiger partial charge in [0.25, 0.3) is 0 Å². The molecule has 3 aromatic rings. The number of allylic oxidation sites excluding steroid dienone is 1. The van der Waals surface area contributed by atoms with Gasteiger partial charge in [-0.3, -0.25) is 4.68 Å². The average Bonchev–Trinajstić information content (AvgIpc) is 3.41. The Morgan fingerprint density at radius 3 is 2.67 bits per heavy atom. The van der Waals surface area contributed by atoms with Gasteiger partial charge in [0.05, 0.1) is 53.7 Å². The zero-order valence-electron chi connectivity index (χ0n) is 17.5. The molecule has 4 N–H and O–H groups in total. The standard InChI is InChI=1S/C21H29N7O2/c1-4-17(5-2)27-12-16(10-25-27)21-19-6-7-24-28(19)13-18(26-21)15(8-22)9-23-11-20(30)14(3)29/h6-10,12-14,17,20,22-23,29-30H,4-5,11H2,1-3H3/b15-9+,22-8?/t14-,20-/m0/s1. The van der Waals surface area contributed by atoms with Crippen LogP contribution in [0.4, 0.5) is 0 Å². The fourth-order valence-electron chi connectivity index (χ4n) is 3.25. The van der Waals surface area contributed by atoms with Crippen LogP contribution in [-0.4, -0.2) is 59.6 Å². The molecule has 0 aliphatic heterocycles. The molecule has 0 aliphatic carbocycles. The predicted molar refractivity (Wildman–Crippen MR) is 116 cm³/mol. The fraction of sp³-hybridized carbons (Fsp3) is 0.429. The van der Waals surface area contributed by atoms with Crippen molar-refractivity contribution in [3.63, 3.8) is 0 Å². The first-order chi connectivity index (χ1) is 14.5. The number of aromatic nitrogens is 5. The van der Waals surface area contributed by atoms with Crippen LogP contribution in [0.2, 0.25) is 0 Å². The summed E-state index contributed by atoms with van der Waals surface area (Å²) >= 11 is 0. The quantitative estimate of drug-likeness (QED) is 0.379. The normalized spacial score (nSPS) is 14.3. The third kappa shape index (κ3) is 4.58. The fourth-order valence-corrected chi connectivity index (χ4v) is 3.25. The van der Waals surface area contributed by atoms with Crippen molar-refractivity contribution in [2.45, 2.75) is 51.9 Å². The molecule has 0 aliphatic rings. The van der Waals surface area contributed by atoms with Crippen molar-refractivity contribution < 1.29 is 10.2 Å². The van der Waals surface area contributed by atoms with Crippen molar-refractivity contribution >= 4 is 17.3 Å². The summed E-state index contributed by atoms with van der Waals surface area (Å²) in [6.07, 6.45) is 10.3. The van der Waals surface area contributed by atoms with Crippen molar-refractivity contribution in [2.24, 2.45) is 0 Å². The van der Waals surface area contributed by atoms with Crippen molar-refractivity contribution in [2.75, 3.05) is 6.54 Å². The van der Waals surface area contributed by atoms with E-state index in [2.05, 4.69) is 29.4 Å². The van der Waals surface area contributed by atoms with Gasteiger partial charge in [-0.2, -0.15) is 10.2 Å². The third-order valence-corrected chi connectivity index (χ3v) is 5.17. The minimum absolute atomic E-state index is 0.161. The molecule has 0 unspecified atom stereocenters. The molecular formula is C21H29N7O2. The van der Waals surface area contributed by atoms with E-state index < -0.39 is 12.2 Å². The molecule has 0 radical (unpaired) electrons. The van der Waals surface area contributed by atoms with Crippen LogP contribution in [-0.2, 0) is 0 Å². The smallest absolute Gasteiger partial charge is 0.0999 e. The van der Waals surface area contributed by atoms with Gasteiger partial charge in [-0.1, -0.05) is 13.8 Å². The number of nitrogens with one attached hydrogen (secondary N) is 2.